The molecule has 1 N–H and O–H groups in total. The number of hydrogen-bond donors (Lipinski definition) is 1. The van der Waals surface area contributed by atoms with Crippen LogP contribution in [0, 0.1) is 6.92 Å². The number of amides is 1. The van der Waals surface area contributed by atoms with E-state index in [0.29, 0.717) is 5.75 Å². The van der Waals surface area contributed by atoms with Gasteiger partial charge >= 0.3 is 0 Å². The van der Waals surface area contributed by atoms with Crippen molar-refractivity contribution in [1.82, 2.24) is 4.90 Å². The van der Waals surface area contributed by atoms with Gasteiger partial charge in [0.05, 0.1) is 5.75 Å². The molecule has 1 fully saturated rings. The van der Waals surface area contributed by atoms with Gasteiger partial charge in [-0.2, -0.15) is 0 Å². The molecule has 1 heterocycles. The van der Waals surface area contributed by atoms with Gasteiger partial charge < -0.3 is 15.1 Å². The number of fused-ring (bicyclic) bond motifs is 1. The number of likely N-dealkylation sites (N-methyl/N-ethyl adjacent to an activating group) is 1. The van der Waals surface area contributed by atoms with Crippen LogP contribution in [0.4, 0.5) is 11.4 Å². The lowest BCUT2D eigenvalue weighted by Crippen LogP contribution is -2.44. The summed E-state index contributed by atoms with van der Waals surface area (Å²) in [5, 5.41) is 5.49. The van der Waals surface area contributed by atoms with Crippen LogP contribution in [0.5, 0.6) is 0 Å². The van der Waals surface area contributed by atoms with Gasteiger partial charge in [0.2, 0.25) is 5.91 Å². The second-order valence-corrected chi connectivity index (χ2v) is 8.68. The lowest BCUT2D eigenvalue weighted by Gasteiger charge is -2.34. The van der Waals surface area contributed by atoms with E-state index < -0.39 is 0 Å². The Morgan fingerprint density at radius 3 is 2.48 bits per heavy atom. The van der Waals surface area contributed by atoms with Crippen molar-refractivity contribution in [2.75, 3.05) is 49.2 Å². The zero-order valence-electron chi connectivity index (χ0n) is 17.0. The van der Waals surface area contributed by atoms with Gasteiger partial charge in [0, 0.05) is 42.4 Å². The maximum absolute atomic E-state index is 12.5. The van der Waals surface area contributed by atoms with Crippen molar-refractivity contribution < 1.29 is 4.79 Å². The van der Waals surface area contributed by atoms with E-state index in [0.717, 1.165) is 42.3 Å². The van der Waals surface area contributed by atoms with Crippen molar-refractivity contribution in [3.8, 4) is 0 Å². The van der Waals surface area contributed by atoms with Crippen molar-refractivity contribution >= 4 is 39.8 Å². The number of hydrogen-bond acceptors (Lipinski definition) is 4. The Kier molecular flexibility index (Phi) is 6.07. The summed E-state index contributed by atoms with van der Waals surface area (Å²) in [6, 6.07) is 20.9. The average Bonchev–Trinajstić information content (AvgIpc) is 2.74. The standard InChI is InChI=1S/C24H27N3OS/c1-18-15-21(27-13-11-26(2)12-14-27)8-10-23(18)25-24(28)17-29-22-9-7-19-5-3-4-6-20(19)16-22/h3-10,15-16H,11-14,17H2,1-2H3,(H,25,28). The Bertz CT molecular complexity index is 1010. The number of anilines is 2. The molecule has 0 saturated carbocycles. The van der Waals surface area contributed by atoms with Crippen LogP contribution in [0.1, 0.15) is 5.56 Å². The zero-order valence-corrected chi connectivity index (χ0v) is 17.8. The summed E-state index contributed by atoms with van der Waals surface area (Å²) in [6.07, 6.45) is 0. The Labute approximate surface area is 176 Å². The maximum atomic E-state index is 12.5. The molecular formula is C24H27N3OS. The molecule has 4 nitrogen and oxygen atoms in total. The molecule has 0 unspecified atom stereocenters. The average molecular weight is 406 g/mol. The molecule has 1 aliphatic heterocycles. The third-order valence-corrected chi connectivity index (χ3v) is 6.44. The highest BCUT2D eigenvalue weighted by atomic mass is 32.2. The summed E-state index contributed by atoms with van der Waals surface area (Å²) >= 11 is 1.57. The summed E-state index contributed by atoms with van der Waals surface area (Å²) in [7, 11) is 2.16. The fourth-order valence-electron chi connectivity index (χ4n) is 3.64. The van der Waals surface area contributed by atoms with Crippen molar-refractivity contribution in [2.24, 2.45) is 0 Å². The van der Waals surface area contributed by atoms with Crippen LogP contribution in [0.3, 0.4) is 0 Å². The Hall–Kier alpha value is -2.50. The van der Waals surface area contributed by atoms with E-state index in [1.54, 1.807) is 11.8 Å². The first-order valence-electron chi connectivity index (χ1n) is 10.0. The van der Waals surface area contributed by atoms with E-state index in [-0.39, 0.29) is 5.91 Å². The van der Waals surface area contributed by atoms with E-state index in [9.17, 15) is 4.79 Å². The summed E-state index contributed by atoms with van der Waals surface area (Å²) < 4.78 is 0. The highest BCUT2D eigenvalue weighted by Crippen LogP contribution is 2.26. The number of nitrogens with zero attached hydrogens (tertiary/aromatic N) is 2. The van der Waals surface area contributed by atoms with E-state index in [1.807, 2.05) is 18.2 Å². The van der Waals surface area contributed by atoms with Crippen molar-refractivity contribution in [2.45, 2.75) is 11.8 Å². The van der Waals surface area contributed by atoms with Crippen LogP contribution >= 0.6 is 11.8 Å². The third-order valence-electron chi connectivity index (χ3n) is 5.44. The molecule has 0 spiro atoms. The van der Waals surface area contributed by atoms with Gasteiger partial charge in [0.1, 0.15) is 0 Å². The van der Waals surface area contributed by atoms with Crippen molar-refractivity contribution in [3.63, 3.8) is 0 Å². The van der Waals surface area contributed by atoms with Crippen LogP contribution in [-0.2, 0) is 4.79 Å². The quantitative estimate of drug-likeness (QED) is 0.628. The van der Waals surface area contributed by atoms with E-state index in [1.165, 1.54) is 16.5 Å². The second kappa shape index (κ2) is 8.89. The first kappa shape index (κ1) is 19.8. The molecule has 0 bridgehead atoms. The second-order valence-electron chi connectivity index (χ2n) is 7.64. The van der Waals surface area contributed by atoms with Crippen LogP contribution in [0.15, 0.2) is 65.6 Å². The first-order chi connectivity index (χ1) is 14.1. The fraction of sp³-hybridized carbons (Fsp3) is 0.292. The molecule has 150 valence electrons. The Morgan fingerprint density at radius 1 is 0.966 bits per heavy atom. The summed E-state index contributed by atoms with van der Waals surface area (Å²) in [6.45, 7) is 6.33. The number of carbonyl (C=O) groups excluding carboxylic acids is 1. The van der Waals surface area contributed by atoms with Gasteiger partial charge in [-0.25, -0.2) is 0 Å². The third kappa shape index (κ3) is 4.92. The molecule has 0 atom stereocenters. The minimum atomic E-state index is 0.0265. The number of thioether (sulfide) groups is 1. The molecule has 1 saturated heterocycles. The number of carbonyl (C=O) groups is 1. The van der Waals surface area contributed by atoms with Gasteiger partial charge in [0.25, 0.3) is 0 Å². The molecule has 0 aliphatic carbocycles. The highest BCUT2D eigenvalue weighted by molar-refractivity contribution is 8.00. The normalized spacial score (nSPS) is 14.9. The predicted molar refractivity (Wildman–Crippen MR) is 124 cm³/mol. The van der Waals surface area contributed by atoms with Gasteiger partial charge in [-0.05, 0) is 60.6 Å². The largest absolute Gasteiger partial charge is 0.369 e. The summed E-state index contributed by atoms with van der Waals surface area (Å²) in [5.74, 6) is 0.427. The summed E-state index contributed by atoms with van der Waals surface area (Å²) in [4.78, 5) is 18.4. The van der Waals surface area contributed by atoms with Gasteiger partial charge in [-0.3, -0.25) is 4.79 Å². The minimum Gasteiger partial charge on any atom is -0.369 e. The first-order valence-corrected chi connectivity index (χ1v) is 11.0. The SMILES string of the molecule is Cc1cc(N2CCN(C)CC2)ccc1NC(=O)CSc1ccc2ccccc2c1. The number of rotatable bonds is 5. The lowest BCUT2D eigenvalue weighted by atomic mass is 10.1. The van der Waals surface area contributed by atoms with Crippen molar-refractivity contribution in [1.29, 1.82) is 0 Å². The lowest BCUT2D eigenvalue weighted by molar-refractivity contribution is -0.113. The van der Waals surface area contributed by atoms with E-state index in [4.69, 9.17) is 0 Å². The molecular weight excluding hydrogens is 378 g/mol. The molecule has 3 aromatic rings. The predicted octanol–water partition coefficient (Wildman–Crippen LogP) is 4.63. The highest BCUT2D eigenvalue weighted by Gasteiger charge is 2.15. The van der Waals surface area contributed by atoms with Crippen LogP contribution in [0.2, 0.25) is 0 Å². The molecule has 3 aromatic carbocycles. The molecule has 29 heavy (non-hydrogen) atoms. The molecule has 0 radical (unpaired) electrons. The minimum absolute atomic E-state index is 0.0265. The topological polar surface area (TPSA) is 35.6 Å². The zero-order chi connectivity index (χ0) is 20.2. The number of benzene rings is 3. The molecule has 4 rings (SSSR count). The van der Waals surface area contributed by atoms with Gasteiger partial charge in [-0.15, -0.1) is 11.8 Å². The van der Waals surface area contributed by atoms with Crippen LogP contribution < -0.4 is 10.2 Å². The fourth-order valence-corrected chi connectivity index (χ4v) is 4.39. The summed E-state index contributed by atoms with van der Waals surface area (Å²) in [5.41, 5.74) is 3.23. The van der Waals surface area contributed by atoms with Crippen molar-refractivity contribution in [3.05, 3.63) is 66.2 Å². The van der Waals surface area contributed by atoms with E-state index in [2.05, 4.69) is 71.6 Å². The number of nitrogens with one attached hydrogen (secondary N) is 1. The molecule has 0 aromatic heterocycles. The smallest absolute Gasteiger partial charge is 0.234 e. The maximum Gasteiger partial charge on any atom is 0.234 e. The Morgan fingerprint density at radius 2 is 1.72 bits per heavy atom. The van der Waals surface area contributed by atoms with Crippen LogP contribution in [-0.4, -0.2) is 49.8 Å². The molecule has 1 amide bonds. The molecule has 1 aliphatic rings. The number of piperazine rings is 1. The molecule has 5 heteroatoms. The van der Waals surface area contributed by atoms with Gasteiger partial charge in [-0.1, -0.05) is 30.3 Å². The van der Waals surface area contributed by atoms with Gasteiger partial charge in [0.15, 0.2) is 0 Å². The monoisotopic (exact) mass is 405 g/mol. The number of aryl methyl sites for hydroxylation is 1. The Balaban J connectivity index is 1.35. The van der Waals surface area contributed by atoms with Crippen LogP contribution in [0.25, 0.3) is 10.8 Å². The van der Waals surface area contributed by atoms with E-state index >= 15 is 0 Å².